The van der Waals surface area contributed by atoms with Gasteiger partial charge >= 0.3 is 0 Å². The van der Waals surface area contributed by atoms with Crippen LogP contribution in [-0.2, 0) is 15.1 Å². The van der Waals surface area contributed by atoms with Crippen molar-refractivity contribution in [3.05, 3.63) is 99.6 Å². The number of benzene rings is 3. The summed E-state index contributed by atoms with van der Waals surface area (Å²) in [4.78, 5) is 49.1. The van der Waals surface area contributed by atoms with Crippen LogP contribution in [0.4, 0.5) is 5.69 Å². The van der Waals surface area contributed by atoms with Crippen LogP contribution in [0.5, 0.6) is 0 Å². The molecular weight excluding hydrogens is 488 g/mol. The number of aromatic nitrogens is 2. The molecule has 0 radical (unpaired) electrons. The summed E-state index contributed by atoms with van der Waals surface area (Å²) in [6.07, 6.45) is 0.711. The van der Waals surface area contributed by atoms with Crippen LogP contribution in [0.1, 0.15) is 42.8 Å². The van der Waals surface area contributed by atoms with Crippen molar-refractivity contribution in [3.63, 3.8) is 0 Å². The number of nitrogens with one attached hydrogen (secondary N) is 1. The van der Waals surface area contributed by atoms with Crippen molar-refractivity contribution in [2.45, 2.75) is 45.7 Å². The van der Waals surface area contributed by atoms with Gasteiger partial charge in [0.15, 0.2) is 0 Å². The van der Waals surface area contributed by atoms with Crippen molar-refractivity contribution in [2.24, 2.45) is 17.8 Å². The molecule has 0 bridgehead atoms. The van der Waals surface area contributed by atoms with Crippen LogP contribution in [0, 0.1) is 31.6 Å². The fourth-order valence-electron chi connectivity index (χ4n) is 7.22. The molecule has 1 N–H and O–H groups in total. The SMILES string of the molecule is Cc1ccc(N2C(=O)[C@H]3[C@H](CC(C)C)N[C@@]4(c5ccccc5-n5c4nc4ccccc4c5=O)[C@H]3C2=O)c(C)c1. The first kappa shape index (κ1) is 24.0. The van der Waals surface area contributed by atoms with Gasteiger partial charge in [0.05, 0.1) is 34.1 Å². The van der Waals surface area contributed by atoms with E-state index >= 15 is 0 Å². The molecule has 1 spiro atoms. The van der Waals surface area contributed by atoms with E-state index in [0.29, 0.717) is 40.4 Å². The highest BCUT2D eigenvalue weighted by Crippen LogP contribution is 2.56. The summed E-state index contributed by atoms with van der Waals surface area (Å²) in [5.74, 6) is -0.981. The Bertz CT molecular complexity index is 1770. The standard InChI is InChI=1S/C32H30N4O3/c1-17(2)15-23-26-27(30(39)35(29(26)38)24-14-13-18(3)16-19(24)4)32(34-23)21-10-6-8-12-25(21)36-28(37)20-9-5-7-11-22(20)33-31(32)36/h5-14,16-17,23,26-27,34H,15H2,1-4H3/t23-,26-,27+,32-/m0/s1. The minimum atomic E-state index is -1.11. The molecule has 4 heterocycles. The lowest BCUT2D eigenvalue weighted by Crippen LogP contribution is -2.50. The molecular formula is C32H30N4O3. The maximum absolute atomic E-state index is 14.5. The third-order valence-electron chi connectivity index (χ3n) is 8.68. The Hall–Kier alpha value is -4.10. The molecule has 0 unspecified atom stereocenters. The zero-order chi connectivity index (χ0) is 27.2. The number of hydrogen-bond acceptors (Lipinski definition) is 5. The van der Waals surface area contributed by atoms with E-state index in [0.717, 1.165) is 16.7 Å². The summed E-state index contributed by atoms with van der Waals surface area (Å²) < 4.78 is 1.65. The fourth-order valence-corrected chi connectivity index (χ4v) is 7.22. The monoisotopic (exact) mass is 518 g/mol. The number of fused-ring (bicyclic) bond motifs is 8. The number of carbonyl (C=O) groups excluding carboxylic acids is 2. The number of para-hydroxylation sites is 2. The van der Waals surface area contributed by atoms with Crippen LogP contribution in [0.3, 0.4) is 0 Å². The highest BCUT2D eigenvalue weighted by Gasteiger charge is 2.69. The van der Waals surface area contributed by atoms with Gasteiger partial charge in [-0.2, -0.15) is 0 Å². The van der Waals surface area contributed by atoms with E-state index in [1.165, 1.54) is 4.90 Å². The van der Waals surface area contributed by atoms with Gasteiger partial charge in [-0.15, -0.1) is 0 Å². The number of carbonyl (C=O) groups is 2. The van der Waals surface area contributed by atoms with Crippen molar-refractivity contribution in [2.75, 3.05) is 4.90 Å². The quantitative estimate of drug-likeness (QED) is 0.407. The first-order valence-corrected chi connectivity index (χ1v) is 13.6. The van der Waals surface area contributed by atoms with Gasteiger partial charge in [0.1, 0.15) is 11.4 Å². The zero-order valence-electron chi connectivity index (χ0n) is 22.4. The molecule has 3 aromatic carbocycles. The van der Waals surface area contributed by atoms with Crippen LogP contribution in [0.15, 0.2) is 71.5 Å². The highest BCUT2D eigenvalue weighted by molar-refractivity contribution is 6.23. The van der Waals surface area contributed by atoms with Crippen molar-refractivity contribution >= 4 is 28.4 Å². The Morgan fingerprint density at radius 3 is 2.44 bits per heavy atom. The van der Waals surface area contributed by atoms with Gasteiger partial charge in [-0.25, -0.2) is 9.88 Å². The Kier molecular flexibility index (Phi) is 5.04. The zero-order valence-corrected chi connectivity index (χ0v) is 22.4. The van der Waals surface area contributed by atoms with E-state index in [4.69, 9.17) is 4.98 Å². The van der Waals surface area contributed by atoms with Crippen LogP contribution >= 0.6 is 0 Å². The Labute approximate surface area is 226 Å². The average molecular weight is 519 g/mol. The summed E-state index contributed by atoms with van der Waals surface area (Å²) >= 11 is 0. The maximum Gasteiger partial charge on any atom is 0.266 e. The number of nitrogens with zero attached hydrogens (tertiary/aromatic N) is 3. The number of aryl methyl sites for hydroxylation is 2. The van der Waals surface area contributed by atoms with Crippen LogP contribution < -0.4 is 15.8 Å². The molecule has 0 saturated carbocycles. The minimum Gasteiger partial charge on any atom is -0.297 e. The largest absolute Gasteiger partial charge is 0.297 e. The molecule has 4 atom stereocenters. The number of amides is 2. The van der Waals surface area contributed by atoms with Gasteiger partial charge in [0.25, 0.3) is 5.56 Å². The van der Waals surface area contributed by atoms with Gasteiger partial charge in [0.2, 0.25) is 11.8 Å². The lowest BCUT2D eigenvalue weighted by molar-refractivity contribution is -0.123. The molecule has 39 heavy (non-hydrogen) atoms. The first-order chi connectivity index (χ1) is 18.7. The van der Waals surface area contributed by atoms with Gasteiger partial charge in [-0.05, 0) is 56.0 Å². The normalized spacial score (nSPS) is 25.2. The second kappa shape index (κ2) is 8.20. The molecule has 3 aliphatic rings. The fraction of sp³-hybridized carbons (Fsp3) is 0.312. The lowest BCUT2D eigenvalue weighted by atomic mass is 9.75. The summed E-state index contributed by atoms with van der Waals surface area (Å²) in [6.45, 7) is 8.18. The van der Waals surface area contributed by atoms with E-state index in [9.17, 15) is 14.4 Å². The minimum absolute atomic E-state index is 0.173. The van der Waals surface area contributed by atoms with E-state index in [2.05, 4.69) is 19.2 Å². The average Bonchev–Trinajstić information content (AvgIpc) is 3.47. The van der Waals surface area contributed by atoms with Crippen LogP contribution in [0.25, 0.3) is 16.6 Å². The molecule has 196 valence electrons. The van der Waals surface area contributed by atoms with Gasteiger partial charge in [-0.3, -0.25) is 24.3 Å². The summed E-state index contributed by atoms with van der Waals surface area (Å²) in [5.41, 5.74) is 3.39. The van der Waals surface area contributed by atoms with E-state index in [1.807, 2.05) is 74.5 Å². The van der Waals surface area contributed by atoms with Crippen molar-refractivity contribution in [1.29, 1.82) is 0 Å². The number of rotatable bonds is 3. The third kappa shape index (κ3) is 3.08. The van der Waals surface area contributed by atoms with E-state index < -0.39 is 17.4 Å². The smallest absolute Gasteiger partial charge is 0.266 e. The molecule has 2 fully saturated rings. The van der Waals surface area contributed by atoms with Crippen LogP contribution in [-0.4, -0.2) is 27.4 Å². The molecule has 7 rings (SSSR count). The molecule has 0 aliphatic carbocycles. The Morgan fingerprint density at radius 1 is 0.923 bits per heavy atom. The van der Waals surface area contributed by atoms with Gasteiger partial charge in [-0.1, -0.05) is 61.9 Å². The molecule has 2 amide bonds. The predicted molar refractivity (Wildman–Crippen MR) is 150 cm³/mol. The summed E-state index contributed by atoms with van der Waals surface area (Å²) in [7, 11) is 0. The molecule has 7 heteroatoms. The van der Waals surface area contributed by atoms with Crippen LogP contribution in [0.2, 0.25) is 0 Å². The van der Waals surface area contributed by atoms with E-state index in [-0.39, 0.29) is 23.4 Å². The molecule has 4 aromatic rings. The Morgan fingerprint density at radius 2 is 1.67 bits per heavy atom. The Balaban J connectivity index is 1.52. The number of imide groups is 1. The van der Waals surface area contributed by atoms with E-state index in [1.54, 1.807) is 10.6 Å². The topological polar surface area (TPSA) is 84.3 Å². The number of hydrogen-bond donors (Lipinski definition) is 1. The molecule has 2 saturated heterocycles. The first-order valence-electron chi connectivity index (χ1n) is 13.6. The second-order valence-electron chi connectivity index (χ2n) is 11.6. The summed E-state index contributed by atoms with van der Waals surface area (Å²) in [5, 5.41) is 4.29. The molecule has 7 nitrogen and oxygen atoms in total. The lowest BCUT2D eigenvalue weighted by Gasteiger charge is -2.32. The predicted octanol–water partition coefficient (Wildman–Crippen LogP) is 4.38. The summed E-state index contributed by atoms with van der Waals surface area (Å²) in [6, 6.07) is 20.5. The second-order valence-corrected chi connectivity index (χ2v) is 11.6. The van der Waals surface area contributed by atoms with Gasteiger partial charge < -0.3 is 0 Å². The van der Waals surface area contributed by atoms with Crippen molar-refractivity contribution in [1.82, 2.24) is 14.9 Å². The highest BCUT2D eigenvalue weighted by atomic mass is 16.2. The molecule has 3 aliphatic heterocycles. The molecule has 1 aromatic heterocycles. The number of anilines is 1. The van der Waals surface area contributed by atoms with Crippen molar-refractivity contribution < 1.29 is 9.59 Å². The van der Waals surface area contributed by atoms with Gasteiger partial charge in [0, 0.05) is 11.6 Å². The van der Waals surface area contributed by atoms with Crippen molar-refractivity contribution in [3.8, 4) is 5.69 Å². The maximum atomic E-state index is 14.5. The third-order valence-corrected chi connectivity index (χ3v) is 8.68.